The zero-order valence-electron chi connectivity index (χ0n) is 11.6. The van der Waals surface area contributed by atoms with Gasteiger partial charge in [-0.3, -0.25) is 0 Å². The van der Waals surface area contributed by atoms with E-state index in [-0.39, 0.29) is 10.9 Å². The number of benzene rings is 1. The van der Waals surface area contributed by atoms with E-state index < -0.39 is 11.7 Å². The molecule has 0 unspecified atom stereocenters. The summed E-state index contributed by atoms with van der Waals surface area (Å²) in [5.74, 6) is 0.342. The highest BCUT2D eigenvalue weighted by atomic mass is 35.5. The van der Waals surface area contributed by atoms with Crippen LogP contribution in [0, 0.1) is 0 Å². The molecule has 0 bridgehead atoms. The van der Waals surface area contributed by atoms with Gasteiger partial charge in [0.25, 0.3) is 0 Å². The highest BCUT2D eigenvalue weighted by Gasteiger charge is 2.31. The molecular formula is C16H10ClF3N2O. The summed E-state index contributed by atoms with van der Waals surface area (Å²) in [7, 11) is 0. The number of nitrogens with zero attached hydrogens (tertiary/aromatic N) is 2. The monoisotopic (exact) mass is 338 g/mol. The molecule has 0 aliphatic carbocycles. The number of hydrogen-bond acceptors (Lipinski definition) is 2. The standard InChI is InChI=1S/C16H10ClF3N2O/c17-14-8-11(16(18,19)20)10-21-15(14)23-13-5-3-4-12(9-13)22-6-1-2-7-22/h1-10H. The second kappa shape index (κ2) is 5.96. The largest absolute Gasteiger partial charge is 0.437 e. The van der Waals surface area contributed by atoms with Gasteiger partial charge in [0.05, 0.1) is 5.56 Å². The van der Waals surface area contributed by atoms with Crippen molar-refractivity contribution in [1.29, 1.82) is 0 Å². The minimum Gasteiger partial charge on any atom is -0.437 e. The number of ether oxygens (including phenoxy) is 1. The Kier molecular flexibility index (Phi) is 4.00. The molecule has 0 atom stereocenters. The van der Waals surface area contributed by atoms with Gasteiger partial charge in [0.1, 0.15) is 10.8 Å². The summed E-state index contributed by atoms with van der Waals surface area (Å²) in [5, 5.41) is -0.203. The predicted octanol–water partition coefficient (Wildman–Crippen LogP) is 5.34. The molecule has 0 aliphatic rings. The topological polar surface area (TPSA) is 27.1 Å². The molecule has 0 aliphatic heterocycles. The molecule has 2 aromatic heterocycles. The van der Waals surface area contributed by atoms with Crippen LogP contribution in [0.1, 0.15) is 5.56 Å². The third-order valence-electron chi connectivity index (χ3n) is 3.07. The fourth-order valence-corrected chi connectivity index (χ4v) is 2.19. The Morgan fingerprint density at radius 1 is 1.04 bits per heavy atom. The lowest BCUT2D eigenvalue weighted by Crippen LogP contribution is -2.05. The van der Waals surface area contributed by atoms with E-state index in [0.717, 1.165) is 11.8 Å². The van der Waals surface area contributed by atoms with Gasteiger partial charge in [-0.05, 0) is 30.3 Å². The lowest BCUT2D eigenvalue weighted by atomic mass is 10.3. The molecule has 0 saturated carbocycles. The van der Waals surface area contributed by atoms with Crippen molar-refractivity contribution in [2.75, 3.05) is 0 Å². The second-order valence-corrected chi connectivity index (χ2v) is 5.11. The van der Waals surface area contributed by atoms with E-state index in [0.29, 0.717) is 11.9 Å². The van der Waals surface area contributed by atoms with Crippen molar-refractivity contribution in [3.63, 3.8) is 0 Å². The summed E-state index contributed by atoms with van der Waals surface area (Å²) >= 11 is 5.83. The first-order valence-corrected chi connectivity index (χ1v) is 6.95. The van der Waals surface area contributed by atoms with Crippen LogP contribution in [0.2, 0.25) is 5.02 Å². The lowest BCUT2D eigenvalue weighted by molar-refractivity contribution is -0.137. The van der Waals surface area contributed by atoms with Crippen LogP contribution >= 0.6 is 11.6 Å². The van der Waals surface area contributed by atoms with E-state index >= 15 is 0 Å². The van der Waals surface area contributed by atoms with E-state index in [2.05, 4.69) is 4.98 Å². The quantitative estimate of drug-likeness (QED) is 0.644. The Morgan fingerprint density at radius 3 is 2.43 bits per heavy atom. The van der Waals surface area contributed by atoms with Crippen LogP contribution in [-0.4, -0.2) is 9.55 Å². The van der Waals surface area contributed by atoms with Gasteiger partial charge in [-0.1, -0.05) is 17.7 Å². The molecule has 0 radical (unpaired) electrons. The third kappa shape index (κ3) is 3.48. The van der Waals surface area contributed by atoms with Gasteiger partial charge in [-0.25, -0.2) is 4.98 Å². The zero-order chi connectivity index (χ0) is 16.4. The van der Waals surface area contributed by atoms with Crippen LogP contribution in [0.5, 0.6) is 11.6 Å². The van der Waals surface area contributed by atoms with Crippen LogP contribution in [0.3, 0.4) is 0 Å². The summed E-state index contributed by atoms with van der Waals surface area (Å²) in [5.41, 5.74) is -0.0773. The first kappa shape index (κ1) is 15.4. The number of rotatable bonds is 3. The van der Waals surface area contributed by atoms with Gasteiger partial charge in [-0.15, -0.1) is 0 Å². The zero-order valence-corrected chi connectivity index (χ0v) is 12.3. The van der Waals surface area contributed by atoms with Crippen LogP contribution in [0.15, 0.2) is 61.1 Å². The highest BCUT2D eigenvalue weighted by Crippen LogP contribution is 2.34. The third-order valence-corrected chi connectivity index (χ3v) is 3.34. The molecule has 0 fully saturated rings. The van der Waals surface area contributed by atoms with E-state index in [1.807, 2.05) is 35.2 Å². The molecule has 0 saturated heterocycles. The second-order valence-electron chi connectivity index (χ2n) is 4.70. The molecule has 2 heterocycles. The number of hydrogen-bond donors (Lipinski definition) is 0. The number of aromatic nitrogens is 2. The van der Waals surface area contributed by atoms with Crippen molar-refractivity contribution >= 4 is 11.6 Å². The average Bonchev–Trinajstić information content (AvgIpc) is 3.03. The van der Waals surface area contributed by atoms with Crippen molar-refractivity contribution in [3.05, 3.63) is 71.6 Å². The van der Waals surface area contributed by atoms with E-state index in [1.165, 1.54) is 0 Å². The molecule has 1 aromatic carbocycles. The predicted molar refractivity (Wildman–Crippen MR) is 80.1 cm³/mol. The summed E-state index contributed by atoms with van der Waals surface area (Å²) in [4.78, 5) is 3.65. The SMILES string of the molecule is FC(F)(F)c1cnc(Oc2cccc(-n3cccc3)c2)c(Cl)c1. The number of halogens is 4. The van der Waals surface area contributed by atoms with E-state index in [9.17, 15) is 13.2 Å². The number of pyridine rings is 1. The van der Waals surface area contributed by atoms with Crippen molar-refractivity contribution in [2.24, 2.45) is 0 Å². The molecule has 23 heavy (non-hydrogen) atoms. The Hall–Kier alpha value is -2.47. The van der Waals surface area contributed by atoms with Crippen molar-refractivity contribution < 1.29 is 17.9 Å². The highest BCUT2D eigenvalue weighted by molar-refractivity contribution is 6.31. The molecule has 3 rings (SSSR count). The van der Waals surface area contributed by atoms with Crippen LogP contribution in [0.25, 0.3) is 5.69 Å². The Bertz CT molecular complexity index is 816. The maximum absolute atomic E-state index is 12.6. The molecule has 118 valence electrons. The summed E-state index contributed by atoms with van der Waals surface area (Å²) in [6.07, 6.45) is -0.0779. The molecule has 0 amide bonds. The van der Waals surface area contributed by atoms with Gasteiger partial charge in [0, 0.05) is 30.3 Å². The minimum atomic E-state index is -4.50. The Balaban J connectivity index is 1.87. The molecule has 3 nitrogen and oxygen atoms in total. The van der Waals surface area contributed by atoms with Gasteiger partial charge in [0.2, 0.25) is 5.88 Å². The minimum absolute atomic E-state index is 0.0793. The summed E-state index contributed by atoms with van der Waals surface area (Å²) in [6.45, 7) is 0. The van der Waals surface area contributed by atoms with Gasteiger partial charge in [-0.2, -0.15) is 13.2 Å². The van der Waals surface area contributed by atoms with Crippen LogP contribution < -0.4 is 4.74 Å². The van der Waals surface area contributed by atoms with Crippen LogP contribution in [0.4, 0.5) is 13.2 Å². The van der Waals surface area contributed by atoms with Gasteiger partial charge in [0.15, 0.2) is 0 Å². The first-order valence-electron chi connectivity index (χ1n) is 6.57. The molecule has 0 N–H and O–H groups in total. The van der Waals surface area contributed by atoms with E-state index in [1.54, 1.807) is 18.2 Å². The van der Waals surface area contributed by atoms with Gasteiger partial charge >= 0.3 is 6.18 Å². The Morgan fingerprint density at radius 2 is 1.78 bits per heavy atom. The van der Waals surface area contributed by atoms with Crippen molar-refractivity contribution in [2.45, 2.75) is 6.18 Å². The smallest absolute Gasteiger partial charge is 0.417 e. The maximum Gasteiger partial charge on any atom is 0.417 e. The first-order chi connectivity index (χ1) is 10.9. The van der Waals surface area contributed by atoms with Gasteiger partial charge < -0.3 is 9.30 Å². The molecule has 3 aromatic rings. The summed E-state index contributed by atoms with van der Waals surface area (Å²) < 4.78 is 45.1. The molecular weight excluding hydrogens is 329 g/mol. The lowest BCUT2D eigenvalue weighted by Gasteiger charge is -2.11. The normalized spacial score (nSPS) is 11.5. The average molecular weight is 339 g/mol. The molecule has 0 spiro atoms. The van der Waals surface area contributed by atoms with Crippen molar-refractivity contribution in [1.82, 2.24) is 9.55 Å². The summed E-state index contributed by atoms with van der Waals surface area (Å²) in [6, 6.07) is 11.6. The fraction of sp³-hybridized carbons (Fsp3) is 0.0625. The number of alkyl halides is 3. The van der Waals surface area contributed by atoms with E-state index in [4.69, 9.17) is 16.3 Å². The maximum atomic E-state index is 12.6. The van der Waals surface area contributed by atoms with Crippen LogP contribution in [-0.2, 0) is 6.18 Å². The molecule has 7 heteroatoms. The Labute approximate surface area is 134 Å². The van der Waals surface area contributed by atoms with Crippen molar-refractivity contribution in [3.8, 4) is 17.3 Å². The fourth-order valence-electron chi connectivity index (χ4n) is 1.98.